The van der Waals surface area contributed by atoms with Crippen LogP contribution in [0.3, 0.4) is 0 Å². The normalized spacial score (nSPS) is 23.0. The van der Waals surface area contributed by atoms with Crippen LogP contribution in [0.2, 0.25) is 0 Å². The van der Waals surface area contributed by atoms with Crippen LogP contribution in [0.4, 0.5) is 0 Å². The SMILES string of the molecule is C[C@@H]1C[C@H](C)CN(CCCNC(=O)c2ccccc2I)C1. The van der Waals surface area contributed by atoms with E-state index >= 15 is 0 Å². The van der Waals surface area contributed by atoms with Crippen molar-refractivity contribution in [1.82, 2.24) is 10.2 Å². The van der Waals surface area contributed by atoms with E-state index in [9.17, 15) is 4.79 Å². The Hall–Kier alpha value is -0.620. The molecule has 1 N–H and O–H groups in total. The van der Waals surface area contributed by atoms with Gasteiger partial charge in [-0.15, -0.1) is 0 Å². The summed E-state index contributed by atoms with van der Waals surface area (Å²) >= 11 is 2.21. The van der Waals surface area contributed by atoms with Gasteiger partial charge in [0.2, 0.25) is 0 Å². The molecule has 0 aromatic heterocycles. The van der Waals surface area contributed by atoms with E-state index in [1.165, 1.54) is 19.5 Å². The van der Waals surface area contributed by atoms with E-state index in [0.29, 0.717) is 0 Å². The molecule has 1 aromatic rings. The molecule has 0 bridgehead atoms. The van der Waals surface area contributed by atoms with E-state index in [-0.39, 0.29) is 5.91 Å². The molecule has 1 aliphatic rings. The lowest BCUT2D eigenvalue weighted by Gasteiger charge is -2.34. The van der Waals surface area contributed by atoms with Crippen LogP contribution in [0.5, 0.6) is 0 Å². The number of carbonyl (C=O) groups excluding carboxylic acids is 1. The third-order valence-corrected chi connectivity index (χ3v) is 4.94. The highest BCUT2D eigenvalue weighted by Gasteiger charge is 2.21. The van der Waals surface area contributed by atoms with Crippen LogP contribution >= 0.6 is 22.6 Å². The molecule has 1 heterocycles. The van der Waals surface area contributed by atoms with Gasteiger partial charge in [0.05, 0.1) is 5.56 Å². The van der Waals surface area contributed by atoms with Gasteiger partial charge in [-0.25, -0.2) is 0 Å². The maximum absolute atomic E-state index is 12.1. The van der Waals surface area contributed by atoms with E-state index in [4.69, 9.17) is 0 Å². The van der Waals surface area contributed by atoms with Gasteiger partial charge in [0.15, 0.2) is 0 Å². The Balaban J connectivity index is 1.70. The third kappa shape index (κ3) is 5.25. The van der Waals surface area contributed by atoms with Gasteiger partial charge in [0, 0.05) is 23.2 Å². The number of hydrogen-bond donors (Lipinski definition) is 1. The Bertz CT molecular complexity index is 468. The molecule has 1 saturated heterocycles. The molecule has 1 aliphatic heterocycles. The molecule has 21 heavy (non-hydrogen) atoms. The molecule has 1 aromatic carbocycles. The fourth-order valence-corrected chi connectivity index (χ4v) is 3.85. The smallest absolute Gasteiger partial charge is 0.252 e. The summed E-state index contributed by atoms with van der Waals surface area (Å²) in [6.07, 6.45) is 2.37. The fraction of sp³-hybridized carbons (Fsp3) is 0.588. The summed E-state index contributed by atoms with van der Waals surface area (Å²) in [6, 6.07) is 7.71. The number of nitrogens with one attached hydrogen (secondary N) is 1. The lowest BCUT2D eigenvalue weighted by molar-refractivity contribution is 0.0946. The summed E-state index contributed by atoms with van der Waals surface area (Å²) in [5.74, 6) is 1.64. The van der Waals surface area contributed by atoms with Crippen molar-refractivity contribution in [2.24, 2.45) is 11.8 Å². The lowest BCUT2D eigenvalue weighted by Crippen LogP contribution is -2.40. The Labute approximate surface area is 141 Å². The molecule has 116 valence electrons. The molecule has 0 unspecified atom stereocenters. The van der Waals surface area contributed by atoms with Crippen LogP contribution in [0.15, 0.2) is 24.3 Å². The molecule has 1 fully saturated rings. The first-order valence-electron chi connectivity index (χ1n) is 7.81. The van der Waals surface area contributed by atoms with Gasteiger partial charge in [0.1, 0.15) is 0 Å². The minimum absolute atomic E-state index is 0.0420. The summed E-state index contributed by atoms with van der Waals surface area (Å²) in [7, 11) is 0. The summed E-state index contributed by atoms with van der Waals surface area (Å²) < 4.78 is 1.01. The van der Waals surface area contributed by atoms with Crippen molar-refractivity contribution in [3.05, 3.63) is 33.4 Å². The van der Waals surface area contributed by atoms with Crippen LogP contribution in [0, 0.1) is 15.4 Å². The van der Waals surface area contributed by atoms with Crippen molar-refractivity contribution in [2.45, 2.75) is 26.7 Å². The van der Waals surface area contributed by atoms with Crippen molar-refractivity contribution in [3.63, 3.8) is 0 Å². The van der Waals surface area contributed by atoms with Gasteiger partial charge in [-0.3, -0.25) is 4.79 Å². The van der Waals surface area contributed by atoms with Crippen molar-refractivity contribution in [2.75, 3.05) is 26.2 Å². The molecule has 0 saturated carbocycles. The predicted octanol–water partition coefficient (Wildman–Crippen LogP) is 3.39. The molecular weight excluding hydrogens is 375 g/mol. The molecular formula is C17H25IN2O. The minimum Gasteiger partial charge on any atom is -0.352 e. The summed E-state index contributed by atoms with van der Waals surface area (Å²) in [5.41, 5.74) is 0.776. The maximum atomic E-state index is 12.1. The second kappa shape index (κ2) is 8.13. The molecule has 2 rings (SSSR count). The topological polar surface area (TPSA) is 32.3 Å². The van der Waals surface area contributed by atoms with Crippen molar-refractivity contribution < 1.29 is 4.79 Å². The van der Waals surface area contributed by atoms with E-state index in [1.807, 2.05) is 24.3 Å². The standard InChI is InChI=1S/C17H25IN2O/c1-13-10-14(2)12-20(11-13)9-5-8-19-17(21)15-6-3-4-7-16(15)18/h3-4,6-7,13-14H,5,8-12H2,1-2H3,(H,19,21)/t13-,14+. The Morgan fingerprint density at radius 3 is 2.62 bits per heavy atom. The summed E-state index contributed by atoms with van der Waals surface area (Å²) in [4.78, 5) is 14.6. The highest BCUT2D eigenvalue weighted by Crippen LogP contribution is 2.20. The van der Waals surface area contributed by atoms with Gasteiger partial charge in [-0.2, -0.15) is 0 Å². The van der Waals surface area contributed by atoms with Crippen molar-refractivity contribution >= 4 is 28.5 Å². The van der Waals surface area contributed by atoms with E-state index in [1.54, 1.807) is 0 Å². The molecule has 0 spiro atoms. The Morgan fingerprint density at radius 2 is 1.95 bits per heavy atom. The third-order valence-electron chi connectivity index (χ3n) is 4.00. The first-order valence-corrected chi connectivity index (χ1v) is 8.89. The minimum atomic E-state index is 0.0420. The number of hydrogen-bond acceptors (Lipinski definition) is 2. The number of rotatable bonds is 5. The highest BCUT2D eigenvalue weighted by atomic mass is 127. The van der Waals surface area contributed by atoms with E-state index in [2.05, 4.69) is 46.7 Å². The molecule has 2 atom stereocenters. The number of piperidine rings is 1. The van der Waals surface area contributed by atoms with Crippen LogP contribution in [0.25, 0.3) is 0 Å². The van der Waals surface area contributed by atoms with Gasteiger partial charge < -0.3 is 10.2 Å². The summed E-state index contributed by atoms with van der Waals surface area (Å²) in [5, 5.41) is 3.03. The number of likely N-dealkylation sites (tertiary alicyclic amines) is 1. The van der Waals surface area contributed by atoms with Crippen LogP contribution in [-0.2, 0) is 0 Å². The quantitative estimate of drug-likeness (QED) is 0.607. The summed E-state index contributed by atoms with van der Waals surface area (Å²) in [6.45, 7) is 8.91. The van der Waals surface area contributed by atoms with Gasteiger partial charge in [-0.05, 0) is 65.9 Å². The Kier molecular flexibility index (Phi) is 6.48. The van der Waals surface area contributed by atoms with Gasteiger partial charge in [-0.1, -0.05) is 26.0 Å². The lowest BCUT2D eigenvalue weighted by atomic mass is 9.92. The fourth-order valence-electron chi connectivity index (χ4n) is 3.22. The maximum Gasteiger partial charge on any atom is 0.252 e. The predicted molar refractivity (Wildman–Crippen MR) is 95.5 cm³/mol. The second-order valence-corrected chi connectivity index (χ2v) is 7.46. The van der Waals surface area contributed by atoms with Crippen LogP contribution in [0.1, 0.15) is 37.0 Å². The number of carbonyl (C=O) groups is 1. The monoisotopic (exact) mass is 400 g/mol. The first kappa shape index (κ1) is 16.7. The average Bonchev–Trinajstić information content (AvgIpc) is 2.43. The molecule has 3 nitrogen and oxygen atoms in total. The average molecular weight is 400 g/mol. The largest absolute Gasteiger partial charge is 0.352 e. The highest BCUT2D eigenvalue weighted by molar-refractivity contribution is 14.1. The van der Waals surface area contributed by atoms with E-state index < -0.39 is 0 Å². The van der Waals surface area contributed by atoms with Crippen molar-refractivity contribution in [3.8, 4) is 0 Å². The molecule has 0 aliphatic carbocycles. The van der Waals surface area contributed by atoms with Gasteiger partial charge >= 0.3 is 0 Å². The number of amides is 1. The van der Waals surface area contributed by atoms with Gasteiger partial charge in [0.25, 0.3) is 5.91 Å². The first-order chi connectivity index (χ1) is 10.1. The number of halogens is 1. The van der Waals surface area contributed by atoms with Crippen LogP contribution < -0.4 is 5.32 Å². The van der Waals surface area contributed by atoms with Crippen molar-refractivity contribution in [1.29, 1.82) is 0 Å². The second-order valence-electron chi connectivity index (χ2n) is 6.29. The Morgan fingerprint density at radius 1 is 1.29 bits per heavy atom. The van der Waals surface area contributed by atoms with Crippen LogP contribution in [-0.4, -0.2) is 37.0 Å². The molecule has 4 heteroatoms. The molecule has 0 radical (unpaired) electrons. The zero-order valence-electron chi connectivity index (χ0n) is 12.9. The van der Waals surface area contributed by atoms with E-state index in [0.717, 1.165) is 40.5 Å². The zero-order chi connectivity index (χ0) is 15.2. The number of benzene rings is 1. The molecule has 1 amide bonds. The zero-order valence-corrected chi connectivity index (χ0v) is 15.1. The number of nitrogens with zero attached hydrogens (tertiary/aromatic N) is 1.